The van der Waals surface area contributed by atoms with Crippen LogP contribution in [0.1, 0.15) is 0 Å². The fourth-order valence-electron chi connectivity index (χ4n) is 0. The van der Waals surface area contributed by atoms with Crippen LogP contribution in [-0.4, -0.2) is 11.7 Å². The molecule has 0 aliphatic carbocycles. The predicted molar refractivity (Wildman–Crippen MR) is 35.3 cm³/mol. The van der Waals surface area contributed by atoms with Gasteiger partial charge in [0.05, 0.1) is 0 Å². The summed E-state index contributed by atoms with van der Waals surface area (Å²) in [6, 6.07) is 0. The molecule has 0 amide bonds. The number of rotatable bonds is 1. The van der Waals surface area contributed by atoms with E-state index in [-0.39, 0.29) is 12.4 Å². The minimum atomic E-state index is 0. The Labute approximate surface area is 45.7 Å². The van der Waals surface area contributed by atoms with E-state index < -0.39 is 0 Å². The number of hydrogen-bond acceptors (Lipinski definition) is 1. The molecule has 0 radical (unpaired) electrons. The van der Waals surface area contributed by atoms with Crippen LogP contribution in [0.3, 0.4) is 0 Å². The molecule has 0 nitrogen and oxygen atoms in total. The van der Waals surface area contributed by atoms with E-state index in [1.165, 1.54) is 0 Å². The minimum absolute atomic E-state index is 0. The molecule has 5 heavy (non-hydrogen) atoms. The van der Waals surface area contributed by atoms with Crippen molar-refractivity contribution >= 4 is 33.4 Å². The molecule has 0 aromatic heterocycles. The monoisotopic (exact) mass is 130 g/mol. The molecule has 0 aliphatic heterocycles. The summed E-state index contributed by atoms with van der Waals surface area (Å²) in [5.74, 6) is 0. The van der Waals surface area contributed by atoms with Crippen molar-refractivity contribution in [1.82, 2.24) is 0 Å². The van der Waals surface area contributed by atoms with Gasteiger partial charge >= 0.3 is 0 Å². The molecule has 0 spiro atoms. The van der Waals surface area contributed by atoms with Gasteiger partial charge < -0.3 is 0 Å². The Hall–Kier alpha value is 1.07. The normalized spacial score (nSPS) is 6.00. The van der Waals surface area contributed by atoms with E-state index in [1.54, 1.807) is 0 Å². The lowest BCUT2D eigenvalue weighted by atomic mass is 11.9. The van der Waals surface area contributed by atoms with Gasteiger partial charge in [-0.1, -0.05) is 0 Å². The van der Waals surface area contributed by atoms with Gasteiger partial charge in [0, 0.05) is 5.49 Å². The molecule has 3 heteroatoms. The van der Waals surface area contributed by atoms with E-state index >= 15 is 0 Å². The summed E-state index contributed by atoms with van der Waals surface area (Å²) in [4.78, 5) is 0. The maximum atomic E-state index is 2.62. The zero-order valence-corrected chi connectivity index (χ0v) is 5.89. The summed E-state index contributed by atoms with van der Waals surface area (Å²) in [7, 11) is 2.62. The van der Waals surface area contributed by atoms with Gasteiger partial charge in [-0.3, -0.25) is 0 Å². The Kier molecular flexibility index (Phi) is 16.8. The Morgan fingerprint density at radius 2 is 2.00 bits per heavy atom. The first-order valence-corrected chi connectivity index (χ1v) is 3.32. The van der Waals surface area contributed by atoms with Crippen LogP contribution in [0.2, 0.25) is 0 Å². The molecule has 0 fully saturated rings. The fourth-order valence-corrected chi connectivity index (χ4v) is 0. The van der Waals surface area contributed by atoms with E-state index in [9.17, 15) is 0 Å². The Balaban J connectivity index is 0. The van der Waals surface area contributed by atoms with Crippen molar-refractivity contribution in [2.75, 3.05) is 11.7 Å². The van der Waals surface area contributed by atoms with Crippen molar-refractivity contribution in [3.63, 3.8) is 0 Å². The molecule has 0 heterocycles. The molecule has 0 saturated carbocycles. The number of thioether (sulfide) groups is 1. The molecule has 1 unspecified atom stereocenters. The third kappa shape index (κ3) is 11.2. The Morgan fingerprint density at radius 3 is 2.00 bits per heavy atom. The van der Waals surface area contributed by atoms with Gasteiger partial charge in [0.15, 0.2) is 0 Å². The first-order valence-electron chi connectivity index (χ1n) is 1.11. The smallest absolute Gasteiger partial charge is 0.00760 e. The van der Waals surface area contributed by atoms with Crippen LogP contribution < -0.4 is 0 Å². The van der Waals surface area contributed by atoms with Gasteiger partial charge in [0.2, 0.25) is 0 Å². The highest BCUT2D eigenvalue weighted by molar-refractivity contribution is 8.01. The van der Waals surface area contributed by atoms with Crippen LogP contribution in [0.15, 0.2) is 0 Å². The summed E-state index contributed by atoms with van der Waals surface area (Å²) < 4.78 is 0. The second-order valence-corrected chi connectivity index (χ2v) is 2.37. The van der Waals surface area contributed by atoms with Gasteiger partial charge in [-0.15, -0.1) is 21.6 Å². The number of hydrogen-bond donors (Lipinski definition) is 0. The third-order valence-electron chi connectivity index (χ3n) is 0.167. The van der Waals surface area contributed by atoms with Crippen LogP contribution in [-0.2, 0) is 0 Å². The predicted octanol–water partition coefficient (Wildman–Crippen LogP) is 1.60. The van der Waals surface area contributed by atoms with Crippen LogP contribution in [0.25, 0.3) is 0 Å². The highest BCUT2D eigenvalue weighted by Gasteiger charge is 1.55. The quantitative estimate of drug-likeness (QED) is 0.486. The van der Waals surface area contributed by atoms with Crippen LogP contribution in [0.4, 0.5) is 0 Å². The van der Waals surface area contributed by atoms with Gasteiger partial charge in [0.1, 0.15) is 0 Å². The summed E-state index contributed by atoms with van der Waals surface area (Å²) in [5, 5.41) is 0. The van der Waals surface area contributed by atoms with E-state index in [1.807, 2.05) is 11.8 Å². The molecular weight excluding hydrogens is 123 g/mol. The van der Waals surface area contributed by atoms with E-state index in [2.05, 4.69) is 15.5 Å². The van der Waals surface area contributed by atoms with E-state index in [0.29, 0.717) is 0 Å². The molecule has 0 rings (SSSR count). The first kappa shape index (κ1) is 9.42. The molecule has 0 bridgehead atoms. The zero-order chi connectivity index (χ0) is 3.41. The van der Waals surface area contributed by atoms with Crippen molar-refractivity contribution in [2.45, 2.75) is 0 Å². The number of halogens is 1. The average Bonchev–Trinajstić information content (AvgIpc) is 1.37. The van der Waals surface area contributed by atoms with Crippen LogP contribution in [0, 0.1) is 0 Å². The summed E-state index contributed by atoms with van der Waals surface area (Å²) in [6.07, 6.45) is 2.08. The highest BCUT2D eigenvalue weighted by Crippen LogP contribution is 1.94. The van der Waals surface area contributed by atoms with Crippen molar-refractivity contribution in [3.05, 3.63) is 0 Å². The maximum Gasteiger partial charge on any atom is 0.00760 e. The Bertz CT molecular complexity index is 11.6. The lowest BCUT2D eigenvalue weighted by Gasteiger charge is -1.70. The van der Waals surface area contributed by atoms with Crippen molar-refractivity contribution in [3.8, 4) is 0 Å². The molecule has 0 aromatic carbocycles. The molecule has 0 N–H and O–H groups in total. The van der Waals surface area contributed by atoms with E-state index in [0.717, 1.165) is 5.49 Å². The molecule has 0 aliphatic rings. The highest BCUT2D eigenvalue weighted by atomic mass is 35.5. The maximum absolute atomic E-state index is 2.62. The molecule has 1 atom stereocenters. The average molecular weight is 131 g/mol. The standard InChI is InChI=1S/C2H7PS.ClH/c1-4-2-3;/h2-3H2,1H3;1H. The second kappa shape index (κ2) is 8.91. The first-order chi connectivity index (χ1) is 1.91. The molecule has 34 valence electrons. The fraction of sp³-hybridized carbons (Fsp3) is 1.00. The van der Waals surface area contributed by atoms with Gasteiger partial charge in [-0.25, -0.2) is 0 Å². The van der Waals surface area contributed by atoms with Crippen LogP contribution in [0.5, 0.6) is 0 Å². The second-order valence-electron chi connectivity index (χ2n) is 0.455. The Morgan fingerprint density at radius 1 is 1.80 bits per heavy atom. The lowest BCUT2D eigenvalue weighted by molar-refractivity contribution is 2.24. The summed E-state index contributed by atoms with van der Waals surface area (Å²) in [6.45, 7) is 0. The van der Waals surface area contributed by atoms with Gasteiger partial charge in [0.25, 0.3) is 0 Å². The topological polar surface area (TPSA) is 0 Å². The van der Waals surface area contributed by atoms with Gasteiger partial charge in [-0.05, 0) is 6.26 Å². The lowest BCUT2D eigenvalue weighted by Crippen LogP contribution is -1.43. The third-order valence-corrected chi connectivity index (χ3v) is 1.50. The zero-order valence-electron chi connectivity index (χ0n) is 3.10. The largest absolute Gasteiger partial charge is 0.161 e. The van der Waals surface area contributed by atoms with Crippen molar-refractivity contribution < 1.29 is 0 Å². The molecule has 0 aromatic rings. The van der Waals surface area contributed by atoms with E-state index in [4.69, 9.17) is 0 Å². The SMILES string of the molecule is CSCP.Cl. The minimum Gasteiger partial charge on any atom is -0.161 e. The van der Waals surface area contributed by atoms with Gasteiger partial charge in [-0.2, -0.15) is 11.8 Å². The summed E-state index contributed by atoms with van der Waals surface area (Å²) >= 11 is 1.82. The van der Waals surface area contributed by atoms with Crippen molar-refractivity contribution in [2.24, 2.45) is 0 Å². The molecular formula is C2H8ClPS. The van der Waals surface area contributed by atoms with Crippen molar-refractivity contribution in [1.29, 1.82) is 0 Å². The van der Waals surface area contributed by atoms with Crippen LogP contribution >= 0.6 is 33.4 Å². The molecule has 0 saturated heterocycles. The summed E-state index contributed by atoms with van der Waals surface area (Å²) in [5.41, 5.74) is 1.15.